The average Bonchev–Trinajstić information content (AvgIpc) is 3.03. The molecular weight excluding hydrogens is 244 g/mol. The SMILES string of the molecule is CCNC(C)CC(=O)N(Cc1cccs1)C1CC1. The van der Waals surface area contributed by atoms with Gasteiger partial charge in [0.1, 0.15) is 0 Å². The van der Waals surface area contributed by atoms with Gasteiger partial charge in [0.05, 0.1) is 6.54 Å². The van der Waals surface area contributed by atoms with E-state index in [9.17, 15) is 4.79 Å². The van der Waals surface area contributed by atoms with Crippen LogP contribution in [0, 0.1) is 0 Å². The van der Waals surface area contributed by atoms with Crippen LogP contribution >= 0.6 is 11.3 Å². The largest absolute Gasteiger partial charge is 0.335 e. The molecule has 2 rings (SSSR count). The van der Waals surface area contributed by atoms with Crippen LogP contribution in [0.25, 0.3) is 0 Å². The van der Waals surface area contributed by atoms with Crippen molar-refractivity contribution in [1.82, 2.24) is 10.2 Å². The molecule has 1 aromatic rings. The van der Waals surface area contributed by atoms with Crippen LogP contribution in [0.3, 0.4) is 0 Å². The molecule has 1 amide bonds. The number of rotatable bonds is 7. The van der Waals surface area contributed by atoms with Gasteiger partial charge in [-0.25, -0.2) is 0 Å². The molecule has 1 N–H and O–H groups in total. The van der Waals surface area contributed by atoms with Crippen molar-refractivity contribution in [3.05, 3.63) is 22.4 Å². The zero-order valence-corrected chi connectivity index (χ0v) is 12.0. The van der Waals surface area contributed by atoms with Gasteiger partial charge in [0.25, 0.3) is 0 Å². The summed E-state index contributed by atoms with van der Waals surface area (Å²) in [6, 6.07) is 4.93. The number of amides is 1. The van der Waals surface area contributed by atoms with Gasteiger partial charge in [-0.3, -0.25) is 4.79 Å². The summed E-state index contributed by atoms with van der Waals surface area (Å²) in [5.74, 6) is 0.291. The van der Waals surface area contributed by atoms with Crippen molar-refractivity contribution in [1.29, 1.82) is 0 Å². The Morgan fingerprint density at radius 2 is 2.39 bits per heavy atom. The molecule has 1 aliphatic carbocycles. The molecule has 0 bridgehead atoms. The Hall–Kier alpha value is -0.870. The Labute approximate surface area is 113 Å². The molecule has 1 atom stereocenters. The normalized spacial score (nSPS) is 16.6. The molecule has 0 saturated heterocycles. The van der Waals surface area contributed by atoms with Crippen LogP contribution in [-0.4, -0.2) is 29.4 Å². The quantitative estimate of drug-likeness (QED) is 0.823. The topological polar surface area (TPSA) is 32.3 Å². The van der Waals surface area contributed by atoms with Gasteiger partial charge in [0.2, 0.25) is 5.91 Å². The smallest absolute Gasteiger partial charge is 0.224 e. The molecule has 1 unspecified atom stereocenters. The average molecular weight is 266 g/mol. The predicted octanol–water partition coefficient (Wildman–Crippen LogP) is 2.63. The van der Waals surface area contributed by atoms with Crippen LogP contribution in [0.15, 0.2) is 17.5 Å². The molecule has 1 aromatic heterocycles. The molecule has 1 aliphatic rings. The Morgan fingerprint density at radius 1 is 1.61 bits per heavy atom. The molecule has 1 fully saturated rings. The lowest BCUT2D eigenvalue weighted by Gasteiger charge is -2.23. The van der Waals surface area contributed by atoms with Crippen molar-refractivity contribution in [3.63, 3.8) is 0 Å². The predicted molar refractivity (Wildman–Crippen MR) is 75.6 cm³/mol. The molecular formula is C14H22N2OS. The van der Waals surface area contributed by atoms with Crippen LogP contribution in [0.5, 0.6) is 0 Å². The lowest BCUT2D eigenvalue weighted by Crippen LogP contribution is -2.37. The summed E-state index contributed by atoms with van der Waals surface area (Å²) in [7, 11) is 0. The number of hydrogen-bond donors (Lipinski definition) is 1. The van der Waals surface area contributed by atoms with Crippen molar-refractivity contribution in [2.24, 2.45) is 0 Å². The molecule has 0 radical (unpaired) electrons. The first-order chi connectivity index (χ1) is 8.70. The summed E-state index contributed by atoms with van der Waals surface area (Å²) in [6.07, 6.45) is 2.95. The minimum Gasteiger partial charge on any atom is -0.335 e. The lowest BCUT2D eigenvalue weighted by atomic mass is 10.2. The molecule has 4 heteroatoms. The molecule has 1 saturated carbocycles. The zero-order valence-electron chi connectivity index (χ0n) is 11.2. The second-order valence-corrected chi connectivity index (χ2v) is 6.03. The van der Waals surface area contributed by atoms with E-state index in [0.29, 0.717) is 18.4 Å². The van der Waals surface area contributed by atoms with Gasteiger partial charge in [-0.15, -0.1) is 11.3 Å². The lowest BCUT2D eigenvalue weighted by molar-refractivity contribution is -0.132. The molecule has 3 nitrogen and oxygen atoms in total. The maximum atomic E-state index is 12.3. The van der Waals surface area contributed by atoms with Gasteiger partial charge in [-0.1, -0.05) is 13.0 Å². The zero-order chi connectivity index (χ0) is 13.0. The van der Waals surface area contributed by atoms with Gasteiger partial charge < -0.3 is 10.2 Å². The molecule has 0 aliphatic heterocycles. The maximum absolute atomic E-state index is 12.3. The fourth-order valence-corrected chi connectivity index (χ4v) is 2.88. The number of hydrogen-bond acceptors (Lipinski definition) is 3. The van der Waals surface area contributed by atoms with Crippen LogP contribution in [-0.2, 0) is 11.3 Å². The van der Waals surface area contributed by atoms with Crippen LogP contribution in [0.2, 0.25) is 0 Å². The van der Waals surface area contributed by atoms with E-state index in [2.05, 4.69) is 41.6 Å². The number of nitrogens with one attached hydrogen (secondary N) is 1. The van der Waals surface area contributed by atoms with E-state index in [1.54, 1.807) is 11.3 Å². The van der Waals surface area contributed by atoms with Gasteiger partial charge in [0, 0.05) is 23.4 Å². The minimum absolute atomic E-state index is 0.270. The summed E-state index contributed by atoms with van der Waals surface area (Å²) in [5.41, 5.74) is 0. The van der Waals surface area contributed by atoms with E-state index in [-0.39, 0.29) is 6.04 Å². The third-order valence-electron chi connectivity index (χ3n) is 3.25. The highest BCUT2D eigenvalue weighted by atomic mass is 32.1. The first-order valence-corrected chi connectivity index (χ1v) is 7.64. The first kappa shape index (κ1) is 13.6. The Balaban J connectivity index is 1.90. The molecule has 0 spiro atoms. The fraction of sp³-hybridized carbons (Fsp3) is 0.643. The monoisotopic (exact) mass is 266 g/mol. The van der Waals surface area contributed by atoms with E-state index < -0.39 is 0 Å². The van der Waals surface area contributed by atoms with E-state index in [1.807, 2.05) is 0 Å². The third-order valence-corrected chi connectivity index (χ3v) is 4.11. The van der Waals surface area contributed by atoms with Crippen molar-refractivity contribution in [2.75, 3.05) is 6.54 Å². The van der Waals surface area contributed by atoms with Gasteiger partial charge in [-0.05, 0) is 37.8 Å². The van der Waals surface area contributed by atoms with Crippen molar-refractivity contribution in [2.45, 2.75) is 51.7 Å². The molecule has 18 heavy (non-hydrogen) atoms. The standard InChI is InChI=1S/C14H22N2OS/c1-3-15-11(2)9-14(17)16(12-6-7-12)10-13-5-4-8-18-13/h4-5,8,11-12,15H,3,6-7,9-10H2,1-2H3. The Kier molecular flexibility index (Phi) is 4.78. The van der Waals surface area contributed by atoms with E-state index in [1.165, 1.54) is 17.7 Å². The second-order valence-electron chi connectivity index (χ2n) is 5.00. The van der Waals surface area contributed by atoms with Crippen LogP contribution in [0.1, 0.15) is 38.0 Å². The highest BCUT2D eigenvalue weighted by Gasteiger charge is 2.32. The Bertz CT molecular complexity index is 373. The van der Waals surface area contributed by atoms with Crippen molar-refractivity contribution in [3.8, 4) is 0 Å². The van der Waals surface area contributed by atoms with E-state index in [0.717, 1.165) is 13.1 Å². The molecule has 0 aromatic carbocycles. The van der Waals surface area contributed by atoms with Crippen LogP contribution < -0.4 is 5.32 Å². The van der Waals surface area contributed by atoms with E-state index in [4.69, 9.17) is 0 Å². The summed E-state index contributed by atoms with van der Waals surface area (Å²) in [4.78, 5) is 15.7. The maximum Gasteiger partial charge on any atom is 0.224 e. The number of nitrogens with zero attached hydrogens (tertiary/aromatic N) is 1. The van der Waals surface area contributed by atoms with Gasteiger partial charge in [0.15, 0.2) is 0 Å². The van der Waals surface area contributed by atoms with Crippen LogP contribution in [0.4, 0.5) is 0 Å². The highest BCUT2D eigenvalue weighted by molar-refractivity contribution is 7.09. The summed E-state index contributed by atoms with van der Waals surface area (Å²) < 4.78 is 0. The van der Waals surface area contributed by atoms with Gasteiger partial charge in [-0.2, -0.15) is 0 Å². The number of carbonyl (C=O) groups is 1. The fourth-order valence-electron chi connectivity index (χ4n) is 2.18. The number of carbonyl (C=O) groups excluding carboxylic acids is 1. The first-order valence-electron chi connectivity index (χ1n) is 6.76. The molecule has 1 heterocycles. The minimum atomic E-state index is 0.270. The summed E-state index contributed by atoms with van der Waals surface area (Å²) in [6.45, 7) is 5.87. The van der Waals surface area contributed by atoms with Crippen molar-refractivity contribution >= 4 is 17.2 Å². The second kappa shape index (κ2) is 6.34. The molecule has 100 valence electrons. The van der Waals surface area contributed by atoms with Crippen molar-refractivity contribution < 1.29 is 4.79 Å². The third kappa shape index (κ3) is 3.82. The van der Waals surface area contributed by atoms with E-state index >= 15 is 0 Å². The highest BCUT2D eigenvalue weighted by Crippen LogP contribution is 2.29. The van der Waals surface area contributed by atoms with Gasteiger partial charge >= 0.3 is 0 Å². The summed E-state index contributed by atoms with van der Waals surface area (Å²) in [5, 5.41) is 5.38. The summed E-state index contributed by atoms with van der Waals surface area (Å²) >= 11 is 1.73. The number of thiophene rings is 1. The Morgan fingerprint density at radius 3 is 2.94 bits per heavy atom.